The largest absolute Gasteiger partial charge is 0.472 e. The number of carbonyl (C=O) groups is 1. The van der Waals surface area contributed by atoms with Gasteiger partial charge in [0.05, 0.1) is 18.4 Å². The monoisotopic (exact) mass is 377 g/mol. The minimum absolute atomic E-state index is 0.0376. The summed E-state index contributed by atoms with van der Waals surface area (Å²) >= 11 is 0. The van der Waals surface area contributed by atoms with Crippen molar-refractivity contribution in [2.24, 2.45) is 0 Å². The number of amides is 1. The summed E-state index contributed by atoms with van der Waals surface area (Å²) in [5.41, 5.74) is 1.19. The SMILES string of the molecule is Cc1oc(-c2ccco2)nc1CC(=O)NCc1ccnc(OCC(F)F)c1. The van der Waals surface area contributed by atoms with Crippen molar-refractivity contribution in [1.29, 1.82) is 0 Å². The Balaban J connectivity index is 1.55. The van der Waals surface area contributed by atoms with Crippen molar-refractivity contribution in [3.05, 3.63) is 53.7 Å². The summed E-state index contributed by atoms with van der Waals surface area (Å²) < 4.78 is 39.9. The molecular weight excluding hydrogens is 360 g/mol. The number of oxazole rings is 1. The third kappa shape index (κ3) is 5.13. The Bertz CT molecular complexity index is 894. The second-order valence-electron chi connectivity index (χ2n) is 5.66. The second-order valence-corrected chi connectivity index (χ2v) is 5.66. The van der Waals surface area contributed by atoms with Crippen molar-refractivity contribution in [1.82, 2.24) is 15.3 Å². The smallest absolute Gasteiger partial charge is 0.272 e. The summed E-state index contributed by atoms with van der Waals surface area (Å²) in [5, 5.41) is 2.74. The molecule has 0 bridgehead atoms. The molecule has 0 saturated heterocycles. The lowest BCUT2D eigenvalue weighted by atomic mass is 10.2. The number of hydrogen-bond acceptors (Lipinski definition) is 6. The Kier molecular flexibility index (Phi) is 5.80. The predicted octanol–water partition coefficient (Wildman–Crippen LogP) is 3.14. The summed E-state index contributed by atoms with van der Waals surface area (Å²) in [6.07, 6.45) is 0.400. The highest BCUT2D eigenvalue weighted by Gasteiger charge is 2.16. The normalized spacial score (nSPS) is 11.0. The van der Waals surface area contributed by atoms with E-state index in [2.05, 4.69) is 15.3 Å². The Morgan fingerprint density at radius 3 is 2.96 bits per heavy atom. The number of ether oxygens (including phenoxy) is 1. The molecule has 142 valence electrons. The van der Waals surface area contributed by atoms with E-state index in [1.807, 2.05) is 0 Å². The second kappa shape index (κ2) is 8.43. The number of rotatable bonds is 8. The van der Waals surface area contributed by atoms with Gasteiger partial charge < -0.3 is 18.9 Å². The van der Waals surface area contributed by atoms with E-state index in [0.29, 0.717) is 28.7 Å². The topological polar surface area (TPSA) is 90.4 Å². The Morgan fingerprint density at radius 1 is 1.37 bits per heavy atom. The number of nitrogens with one attached hydrogen (secondary N) is 1. The third-order valence-electron chi connectivity index (χ3n) is 3.60. The molecule has 0 aromatic carbocycles. The van der Waals surface area contributed by atoms with Crippen molar-refractivity contribution < 1.29 is 27.1 Å². The highest BCUT2D eigenvalue weighted by molar-refractivity contribution is 5.78. The molecule has 0 atom stereocenters. The first-order chi connectivity index (χ1) is 13.0. The zero-order valence-electron chi connectivity index (χ0n) is 14.4. The molecule has 3 aromatic heterocycles. The fourth-order valence-corrected chi connectivity index (χ4v) is 2.30. The van der Waals surface area contributed by atoms with Gasteiger partial charge in [-0.2, -0.15) is 0 Å². The van der Waals surface area contributed by atoms with Crippen molar-refractivity contribution in [3.63, 3.8) is 0 Å². The molecule has 9 heteroatoms. The number of carbonyl (C=O) groups excluding carboxylic acids is 1. The van der Waals surface area contributed by atoms with Gasteiger partial charge in [0.15, 0.2) is 12.4 Å². The molecule has 0 aliphatic rings. The average molecular weight is 377 g/mol. The minimum atomic E-state index is -2.58. The van der Waals surface area contributed by atoms with Crippen LogP contribution in [0, 0.1) is 6.92 Å². The minimum Gasteiger partial charge on any atom is -0.472 e. The molecule has 0 saturated carbocycles. The van der Waals surface area contributed by atoms with E-state index in [0.717, 1.165) is 0 Å². The fraction of sp³-hybridized carbons (Fsp3) is 0.278. The van der Waals surface area contributed by atoms with Gasteiger partial charge >= 0.3 is 0 Å². The number of pyridine rings is 1. The van der Waals surface area contributed by atoms with Crippen LogP contribution in [-0.4, -0.2) is 28.9 Å². The van der Waals surface area contributed by atoms with Gasteiger partial charge in [-0.3, -0.25) is 4.79 Å². The van der Waals surface area contributed by atoms with E-state index in [-0.39, 0.29) is 24.8 Å². The molecule has 3 rings (SSSR count). The lowest BCUT2D eigenvalue weighted by molar-refractivity contribution is -0.120. The lowest BCUT2D eigenvalue weighted by Crippen LogP contribution is -2.25. The maximum atomic E-state index is 12.2. The Morgan fingerprint density at radius 2 is 2.22 bits per heavy atom. The van der Waals surface area contributed by atoms with Crippen LogP contribution >= 0.6 is 0 Å². The molecule has 0 aliphatic heterocycles. The maximum absolute atomic E-state index is 12.2. The lowest BCUT2D eigenvalue weighted by Gasteiger charge is -2.07. The van der Waals surface area contributed by atoms with Gasteiger partial charge in [0, 0.05) is 18.8 Å². The van der Waals surface area contributed by atoms with E-state index in [1.165, 1.54) is 18.5 Å². The Labute approximate surface area is 153 Å². The van der Waals surface area contributed by atoms with Crippen LogP contribution < -0.4 is 10.1 Å². The van der Waals surface area contributed by atoms with Gasteiger partial charge in [0.2, 0.25) is 11.8 Å². The standard InChI is InChI=1S/C18H17F2N3O4/c1-11-13(23-18(27-11)14-3-2-6-25-14)8-16(24)22-9-12-4-5-21-17(7-12)26-10-15(19)20/h2-7,15H,8-10H2,1H3,(H,22,24). The molecule has 0 spiro atoms. The number of aromatic nitrogens is 2. The van der Waals surface area contributed by atoms with Gasteiger partial charge in [-0.15, -0.1) is 0 Å². The van der Waals surface area contributed by atoms with E-state index in [1.54, 1.807) is 25.1 Å². The van der Waals surface area contributed by atoms with E-state index < -0.39 is 13.0 Å². The van der Waals surface area contributed by atoms with Gasteiger partial charge in [0.25, 0.3) is 12.3 Å². The van der Waals surface area contributed by atoms with Crippen LogP contribution in [0.2, 0.25) is 0 Å². The summed E-state index contributed by atoms with van der Waals surface area (Å²) in [4.78, 5) is 20.3. The van der Waals surface area contributed by atoms with Crippen LogP contribution in [0.4, 0.5) is 8.78 Å². The summed E-state index contributed by atoms with van der Waals surface area (Å²) in [6, 6.07) is 6.59. The van der Waals surface area contributed by atoms with E-state index in [9.17, 15) is 13.6 Å². The average Bonchev–Trinajstić information content (AvgIpc) is 3.29. The molecule has 0 fully saturated rings. The highest BCUT2D eigenvalue weighted by Crippen LogP contribution is 2.22. The number of alkyl halides is 2. The van der Waals surface area contributed by atoms with Crippen LogP contribution in [0.3, 0.4) is 0 Å². The van der Waals surface area contributed by atoms with Crippen LogP contribution in [0.5, 0.6) is 5.88 Å². The van der Waals surface area contributed by atoms with Crippen LogP contribution in [0.25, 0.3) is 11.7 Å². The quantitative estimate of drug-likeness (QED) is 0.649. The van der Waals surface area contributed by atoms with Gasteiger partial charge in [-0.05, 0) is 30.7 Å². The molecule has 0 aliphatic carbocycles. The van der Waals surface area contributed by atoms with Crippen molar-refractivity contribution in [2.75, 3.05) is 6.61 Å². The van der Waals surface area contributed by atoms with Gasteiger partial charge in [-0.25, -0.2) is 18.7 Å². The fourth-order valence-electron chi connectivity index (χ4n) is 2.30. The first-order valence-electron chi connectivity index (χ1n) is 8.14. The number of aryl methyl sites for hydroxylation is 1. The number of furan rings is 1. The molecule has 27 heavy (non-hydrogen) atoms. The molecule has 1 N–H and O–H groups in total. The van der Waals surface area contributed by atoms with Gasteiger partial charge in [0.1, 0.15) is 5.76 Å². The molecular formula is C18H17F2N3O4. The molecule has 3 aromatic rings. The summed E-state index contributed by atoms with van der Waals surface area (Å²) in [7, 11) is 0. The first kappa shape index (κ1) is 18.6. The van der Waals surface area contributed by atoms with Crippen molar-refractivity contribution in [3.8, 4) is 17.5 Å². The zero-order valence-corrected chi connectivity index (χ0v) is 14.4. The molecule has 7 nitrogen and oxygen atoms in total. The van der Waals surface area contributed by atoms with Crippen molar-refractivity contribution in [2.45, 2.75) is 26.3 Å². The summed E-state index contributed by atoms with van der Waals surface area (Å²) in [6.45, 7) is 1.19. The molecule has 0 unspecified atom stereocenters. The van der Waals surface area contributed by atoms with Crippen LogP contribution in [0.1, 0.15) is 17.0 Å². The van der Waals surface area contributed by atoms with Crippen molar-refractivity contribution >= 4 is 5.91 Å². The molecule has 3 heterocycles. The van der Waals surface area contributed by atoms with Gasteiger partial charge in [-0.1, -0.05) is 0 Å². The maximum Gasteiger partial charge on any atom is 0.272 e. The Hall–Kier alpha value is -3.23. The zero-order chi connectivity index (χ0) is 19.2. The number of halogens is 2. The number of hydrogen-bond donors (Lipinski definition) is 1. The highest BCUT2D eigenvalue weighted by atomic mass is 19.3. The number of nitrogens with zero attached hydrogens (tertiary/aromatic N) is 2. The molecule has 0 radical (unpaired) electrons. The summed E-state index contributed by atoms with van der Waals surface area (Å²) in [5.74, 6) is 1.15. The molecule has 1 amide bonds. The first-order valence-corrected chi connectivity index (χ1v) is 8.14. The predicted molar refractivity (Wildman–Crippen MR) is 90.2 cm³/mol. The van der Waals surface area contributed by atoms with E-state index >= 15 is 0 Å². The third-order valence-corrected chi connectivity index (χ3v) is 3.60. The van der Waals surface area contributed by atoms with Crippen LogP contribution in [-0.2, 0) is 17.8 Å². The van der Waals surface area contributed by atoms with Crippen LogP contribution in [0.15, 0.2) is 45.6 Å². The van der Waals surface area contributed by atoms with E-state index in [4.69, 9.17) is 13.6 Å².